The number of hydrogen-bond donors (Lipinski definition) is 1. The maximum absolute atomic E-state index is 14.4. The first-order chi connectivity index (χ1) is 16.4. The second-order valence-electron chi connectivity index (χ2n) is 8.72. The zero-order valence-electron chi connectivity index (χ0n) is 18.7. The highest BCUT2D eigenvalue weighted by molar-refractivity contribution is 5.95. The number of fused-ring (bicyclic) bond motifs is 1. The molecular formula is C26H26F3N5. The number of rotatable bonds is 5. The molecule has 0 aliphatic carbocycles. The van der Waals surface area contributed by atoms with E-state index >= 15 is 0 Å². The minimum atomic E-state index is -4.57. The lowest BCUT2D eigenvalue weighted by molar-refractivity contribution is -0.136. The molecule has 4 aromatic rings. The van der Waals surface area contributed by atoms with Gasteiger partial charge in [-0.05, 0) is 44.1 Å². The van der Waals surface area contributed by atoms with Crippen LogP contribution in [0, 0.1) is 0 Å². The number of nitrogen functional groups attached to an aromatic ring is 1. The van der Waals surface area contributed by atoms with Gasteiger partial charge in [0.2, 0.25) is 0 Å². The molecule has 3 heterocycles. The Hall–Kier alpha value is -3.39. The normalized spacial score (nSPS) is 15.1. The summed E-state index contributed by atoms with van der Waals surface area (Å²) in [5.41, 5.74) is 7.57. The average Bonchev–Trinajstić information content (AvgIpc) is 3.21. The van der Waals surface area contributed by atoms with Gasteiger partial charge in [0.1, 0.15) is 5.69 Å². The molecule has 0 radical (unpaired) electrons. The number of aromatic nitrogens is 3. The summed E-state index contributed by atoms with van der Waals surface area (Å²) in [7, 11) is 0. The van der Waals surface area contributed by atoms with Crippen LogP contribution in [0.25, 0.3) is 33.5 Å². The first-order valence-electron chi connectivity index (χ1n) is 11.5. The predicted molar refractivity (Wildman–Crippen MR) is 128 cm³/mol. The fourth-order valence-electron chi connectivity index (χ4n) is 4.61. The van der Waals surface area contributed by atoms with Crippen LogP contribution in [-0.2, 0) is 12.7 Å². The van der Waals surface area contributed by atoms with Crippen molar-refractivity contribution in [1.29, 1.82) is 0 Å². The number of nitrogens with zero attached hydrogens (tertiary/aromatic N) is 4. The third kappa shape index (κ3) is 4.50. The zero-order chi connectivity index (χ0) is 23.7. The summed E-state index contributed by atoms with van der Waals surface area (Å²) in [5, 5.41) is 4.71. The number of anilines is 1. The average molecular weight is 466 g/mol. The quantitative estimate of drug-likeness (QED) is 0.376. The molecule has 2 aromatic heterocycles. The van der Waals surface area contributed by atoms with Crippen molar-refractivity contribution in [3.63, 3.8) is 0 Å². The van der Waals surface area contributed by atoms with Crippen LogP contribution in [0.15, 0.2) is 60.7 Å². The second-order valence-corrected chi connectivity index (χ2v) is 8.72. The van der Waals surface area contributed by atoms with E-state index in [1.807, 2.05) is 6.07 Å². The molecule has 2 N–H and O–H groups in total. The van der Waals surface area contributed by atoms with Crippen molar-refractivity contribution < 1.29 is 13.2 Å². The van der Waals surface area contributed by atoms with Crippen molar-refractivity contribution in [2.45, 2.75) is 32.0 Å². The number of piperidine rings is 1. The molecule has 2 aromatic carbocycles. The van der Waals surface area contributed by atoms with E-state index in [-0.39, 0.29) is 16.7 Å². The highest BCUT2D eigenvalue weighted by Gasteiger charge is 2.36. The smallest absolute Gasteiger partial charge is 0.399 e. The number of halogens is 3. The van der Waals surface area contributed by atoms with Crippen molar-refractivity contribution in [3.8, 4) is 22.5 Å². The lowest BCUT2D eigenvalue weighted by Gasteiger charge is -2.26. The summed E-state index contributed by atoms with van der Waals surface area (Å²) in [4.78, 5) is 7.04. The summed E-state index contributed by atoms with van der Waals surface area (Å²) < 4.78 is 44.8. The standard InChI is InChI=1S/C26H26F3N5/c27-26(28,29)21-17-22(19-10-7-11-20(30)16-19)31-25-23(21)24(18-8-3-1-4-9-18)32-34(25)15-14-33-12-5-2-6-13-33/h1,3-4,7-11,16-17H,2,5-6,12-15,30H2. The van der Waals surface area contributed by atoms with E-state index in [9.17, 15) is 13.2 Å². The van der Waals surface area contributed by atoms with Crippen LogP contribution in [0.5, 0.6) is 0 Å². The molecule has 1 fully saturated rings. The molecule has 34 heavy (non-hydrogen) atoms. The van der Waals surface area contributed by atoms with Crippen LogP contribution in [0.1, 0.15) is 24.8 Å². The Balaban J connectivity index is 1.70. The summed E-state index contributed by atoms with van der Waals surface area (Å²) >= 11 is 0. The van der Waals surface area contributed by atoms with Gasteiger partial charge in [0.15, 0.2) is 5.65 Å². The Kier molecular flexibility index (Phi) is 6.00. The van der Waals surface area contributed by atoms with E-state index in [0.29, 0.717) is 29.1 Å². The number of nitrogens with two attached hydrogens (primary N) is 1. The second kappa shape index (κ2) is 9.10. The molecule has 5 rings (SSSR count). The maximum Gasteiger partial charge on any atom is 0.417 e. The van der Waals surface area contributed by atoms with Crippen molar-refractivity contribution in [2.75, 3.05) is 25.4 Å². The molecule has 0 unspecified atom stereocenters. The molecule has 1 aliphatic heterocycles. The number of likely N-dealkylation sites (tertiary alicyclic amines) is 1. The molecule has 8 heteroatoms. The highest BCUT2D eigenvalue weighted by Crippen LogP contribution is 2.41. The molecule has 0 amide bonds. The Morgan fingerprint density at radius 2 is 1.59 bits per heavy atom. The third-order valence-corrected chi connectivity index (χ3v) is 6.31. The molecule has 176 valence electrons. The Morgan fingerprint density at radius 1 is 0.853 bits per heavy atom. The summed E-state index contributed by atoms with van der Waals surface area (Å²) in [6.07, 6.45) is -1.06. The lowest BCUT2D eigenvalue weighted by atomic mass is 10.0. The monoisotopic (exact) mass is 465 g/mol. The Labute approximate surface area is 196 Å². The van der Waals surface area contributed by atoms with E-state index in [1.165, 1.54) is 6.42 Å². The number of pyridine rings is 1. The first-order valence-corrected chi connectivity index (χ1v) is 11.5. The van der Waals surface area contributed by atoms with Gasteiger partial charge in [-0.1, -0.05) is 48.9 Å². The van der Waals surface area contributed by atoms with Gasteiger partial charge in [-0.3, -0.25) is 0 Å². The SMILES string of the molecule is Nc1cccc(-c2cc(C(F)(F)F)c3c(-c4ccccc4)nn(CCN4CCCCC4)c3n2)c1. The third-order valence-electron chi connectivity index (χ3n) is 6.31. The van der Waals surface area contributed by atoms with Crippen LogP contribution in [0.3, 0.4) is 0 Å². The van der Waals surface area contributed by atoms with Gasteiger partial charge in [0.05, 0.1) is 23.2 Å². The van der Waals surface area contributed by atoms with Crippen LogP contribution >= 0.6 is 0 Å². The minimum Gasteiger partial charge on any atom is -0.399 e. The van der Waals surface area contributed by atoms with Crippen LogP contribution in [0.4, 0.5) is 18.9 Å². The number of hydrogen-bond acceptors (Lipinski definition) is 4. The molecule has 0 saturated carbocycles. The van der Waals surface area contributed by atoms with Gasteiger partial charge in [0, 0.05) is 23.4 Å². The lowest BCUT2D eigenvalue weighted by Crippen LogP contribution is -2.32. The largest absolute Gasteiger partial charge is 0.417 e. The highest BCUT2D eigenvalue weighted by atomic mass is 19.4. The number of alkyl halides is 3. The predicted octanol–water partition coefficient (Wildman–Crippen LogP) is 5.85. The van der Waals surface area contributed by atoms with Crippen LogP contribution < -0.4 is 5.73 Å². The van der Waals surface area contributed by atoms with Crippen molar-refractivity contribution in [2.24, 2.45) is 0 Å². The van der Waals surface area contributed by atoms with Crippen molar-refractivity contribution in [3.05, 3.63) is 66.2 Å². The minimum absolute atomic E-state index is 0.0324. The fraction of sp³-hybridized carbons (Fsp3) is 0.308. The molecule has 0 bridgehead atoms. The van der Waals surface area contributed by atoms with Gasteiger partial charge in [0.25, 0.3) is 0 Å². The van der Waals surface area contributed by atoms with Gasteiger partial charge >= 0.3 is 6.18 Å². The molecule has 0 spiro atoms. The van der Waals surface area contributed by atoms with Gasteiger partial charge < -0.3 is 10.6 Å². The summed E-state index contributed by atoms with van der Waals surface area (Å²) in [5.74, 6) is 0. The van der Waals surface area contributed by atoms with Crippen molar-refractivity contribution >= 4 is 16.7 Å². The number of benzene rings is 2. The van der Waals surface area contributed by atoms with Crippen LogP contribution in [0.2, 0.25) is 0 Å². The summed E-state index contributed by atoms with van der Waals surface area (Å²) in [6.45, 7) is 3.19. The topological polar surface area (TPSA) is 60.0 Å². The zero-order valence-corrected chi connectivity index (χ0v) is 18.7. The molecule has 5 nitrogen and oxygen atoms in total. The van der Waals surface area contributed by atoms with Gasteiger partial charge in [-0.2, -0.15) is 18.3 Å². The molecule has 1 aliphatic rings. The van der Waals surface area contributed by atoms with Crippen molar-refractivity contribution in [1.82, 2.24) is 19.7 Å². The van der Waals surface area contributed by atoms with E-state index in [0.717, 1.165) is 38.5 Å². The Bertz CT molecular complexity index is 1290. The Morgan fingerprint density at radius 3 is 2.29 bits per heavy atom. The molecule has 0 atom stereocenters. The maximum atomic E-state index is 14.4. The van der Waals surface area contributed by atoms with E-state index in [2.05, 4.69) is 10.00 Å². The first kappa shape index (κ1) is 22.4. The fourth-order valence-corrected chi connectivity index (χ4v) is 4.61. The van der Waals surface area contributed by atoms with E-state index in [4.69, 9.17) is 10.7 Å². The molecule has 1 saturated heterocycles. The molecular weight excluding hydrogens is 439 g/mol. The summed E-state index contributed by atoms with van der Waals surface area (Å²) in [6, 6.07) is 16.9. The van der Waals surface area contributed by atoms with Crippen LogP contribution in [-0.4, -0.2) is 39.3 Å². The van der Waals surface area contributed by atoms with Gasteiger partial charge in [-0.25, -0.2) is 9.67 Å². The van der Waals surface area contributed by atoms with E-state index < -0.39 is 11.7 Å². The van der Waals surface area contributed by atoms with Gasteiger partial charge in [-0.15, -0.1) is 0 Å². The van der Waals surface area contributed by atoms with E-state index in [1.54, 1.807) is 53.2 Å².